The zero-order valence-electron chi connectivity index (χ0n) is 11.4. The van der Waals surface area contributed by atoms with Crippen molar-refractivity contribution in [3.8, 4) is 17.1 Å². The van der Waals surface area contributed by atoms with E-state index in [2.05, 4.69) is 10.1 Å². The SMILES string of the molecule is Cc1ccc(F)cc1-c1noc(Cc2ccccc2O)n1. The molecule has 2 aromatic carbocycles. The second-order valence-corrected chi connectivity index (χ2v) is 4.78. The van der Waals surface area contributed by atoms with Crippen molar-refractivity contribution < 1.29 is 14.0 Å². The molecule has 0 aliphatic carbocycles. The minimum absolute atomic E-state index is 0.180. The summed E-state index contributed by atoms with van der Waals surface area (Å²) in [6.45, 7) is 1.85. The molecule has 1 aromatic heterocycles. The quantitative estimate of drug-likeness (QED) is 0.800. The van der Waals surface area contributed by atoms with E-state index >= 15 is 0 Å². The number of para-hydroxylation sites is 1. The molecule has 3 rings (SSSR count). The molecule has 21 heavy (non-hydrogen) atoms. The minimum Gasteiger partial charge on any atom is -0.508 e. The van der Waals surface area contributed by atoms with E-state index in [-0.39, 0.29) is 11.6 Å². The van der Waals surface area contributed by atoms with Gasteiger partial charge in [0.25, 0.3) is 0 Å². The summed E-state index contributed by atoms with van der Waals surface area (Å²) in [5.74, 6) is 0.550. The van der Waals surface area contributed by atoms with Gasteiger partial charge in [-0.2, -0.15) is 4.98 Å². The maximum atomic E-state index is 13.3. The minimum atomic E-state index is -0.345. The van der Waals surface area contributed by atoms with E-state index in [0.29, 0.717) is 29.3 Å². The van der Waals surface area contributed by atoms with Gasteiger partial charge in [-0.05, 0) is 30.7 Å². The number of halogens is 1. The molecule has 1 N–H and O–H groups in total. The fourth-order valence-corrected chi connectivity index (χ4v) is 2.09. The number of hydrogen-bond donors (Lipinski definition) is 1. The van der Waals surface area contributed by atoms with E-state index in [0.717, 1.165) is 5.56 Å². The van der Waals surface area contributed by atoms with Crippen molar-refractivity contribution in [2.24, 2.45) is 0 Å². The summed E-state index contributed by atoms with van der Waals surface area (Å²) in [6.07, 6.45) is 0.327. The molecule has 0 aliphatic rings. The summed E-state index contributed by atoms with van der Waals surface area (Å²) in [5.41, 5.74) is 2.16. The van der Waals surface area contributed by atoms with Crippen LogP contribution in [0.2, 0.25) is 0 Å². The number of phenolic OH excluding ortho intramolecular Hbond substituents is 1. The average Bonchev–Trinajstić information content (AvgIpc) is 2.92. The molecule has 106 valence electrons. The van der Waals surface area contributed by atoms with Gasteiger partial charge in [-0.3, -0.25) is 0 Å². The predicted molar refractivity (Wildman–Crippen MR) is 75.3 cm³/mol. The molecule has 0 spiro atoms. The van der Waals surface area contributed by atoms with Crippen LogP contribution in [0.3, 0.4) is 0 Å². The molecule has 0 amide bonds. The van der Waals surface area contributed by atoms with Crippen molar-refractivity contribution >= 4 is 0 Å². The predicted octanol–water partition coefficient (Wildman–Crippen LogP) is 3.48. The molecule has 0 bridgehead atoms. The maximum Gasteiger partial charge on any atom is 0.231 e. The fourth-order valence-electron chi connectivity index (χ4n) is 2.09. The second kappa shape index (κ2) is 5.36. The van der Waals surface area contributed by atoms with Crippen LogP contribution >= 0.6 is 0 Å². The average molecular weight is 284 g/mol. The van der Waals surface area contributed by atoms with Crippen molar-refractivity contribution in [2.75, 3.05) is 0 Å². The van der Waals surface area contributed by atoms with E-state index < -0.39 is 0 Å². The van der Waals surface area contributed by atoms with Gasteiger partial charge in [0.1, 0.15) is 11.6 Å². The van der Waals surface area contributed by atoms with Gasteiger partial charge in [0.05, 0.1) is 6.42 Å². The Bertz CT molecular complexity index is 783. The Morgan fingerprint density at radius 1 is 1.19 bits per heavy atom. The highest BCUT2D eigenvalue weighted by atomic mass is 19.1. The first-order valence-electron chi connectivity index (χ1n) is 6.49. The Kier molecular flexibility index (Phi) is 3.39. The van der Waals surface area contributed by atoms with Crippen LogP contribution in [-0.4, -0.2) is 15.2 Å². The van der Waals surface area contributed by atoms with Gasteiger partial charge < -0.3 is 9.63 Å². The van der Waals surface area contributed by atoms with E-state index in [4.69, 9.17) is 4.52 Å². The molecular formula is C16H13FN2O2. The summed E-state index contributed by atoms with van der Waals surface area (Å²) < 4.78 is 18.5. The molecule has 1 heterocycles. The number of aromatic nitrogens is 2. The van der Waals surface area contributed by atoms with Gasteiger partial charge in [-0.25, -0.2) is 4.39 Å². The Hall–Kier alpha value is -2.69. The molecule has 0 fully saturated rings. The Balaban J connectivity index is 1.90. The first-order valence-corrected chi connectivity index (χ1v) is 6.49. The topological polar surface area (TPSA) is 59.2 Å². The van der Waals surface area contributed by atoms with Gasteiger partial charge in [-0.1, -0.05) is 29.4 Å². The Labute approximate surface area is 120 Å². The molecular weight excluding hydrogens is 271 g/mol. The zero-order chi connectivity index (χ0) is 14.8. The molecule has 0 atom stereocenters. The van der Waals surface area contributed by atoms with E-state index in [1.807, 2.05) is 13.0 Å². The van der Waals surface area contributed by atoms with Crippen molar-refractivity contribution in [2.45, 2.75) is 13.3 Å². The van der Waals surface area contributed by atoms with Gasteiger partial charge >= 0.3 is 0 Å². The molecule has 0 saturated carbocycles. The van der Waals surface area contributed by atoms with Crippen molar-refractivity contribution in [1.29, 1.82) is 0 Å². The van der Waals surface area contributed by atoms with Crippen LogP contribution in [0.25, 0.3) is 11.4 Å². The van der Waals surface area contributed by atoms with Crippen LogP contribution in [0.4, 0.5) is 4.39 Å². The van der Waals surface area contributed by atoms with E-state index in [1.54, 1.807) is 24.3 Å². The smallest absolute Gasteiger partial charge is 0.231 e. The number of benzene rings is 2. The number of rotatable bonds is 3. The lowest BCUT2D eigenvalue weighted by molar-refractivity contribution is 0.383. The van der Waals surface area contributed by atoms with Gasteiger partial charge in [0.2, 0.25) is 11.7 Å². The molecule has 3 aromatic rings. The third-order valence-electron chi connectivity index (χ3n) is 3.24. The van der Waals surface area contributed by atoms with Crippen molar-refractivity contribution in [3.63, 3.8) is 0 Å². The number of nitrogens with zero attached hydrogens (tertiary/aromatic N) is 2. The Morgan fingerprint density at radius 2 is 2.00 bits per heavy atom. The second-order valence-electron chi connectivity index (χ2n) is 4.78. The summed E-state index contributed by atoms with van der Waals surface area (Å²) in [5, 5.41) is 13.6. The molecule has 5 heteroatoms. The molecule has 0 aliphatic heterocycles. The number of aromatic hydroxyl groups is 1. The summed E-state index contributed by atoms with van der Waals surface area (Å²) in [7, 11) is 0. The summed E-state index contributed by atoms with van der Waals surface area (Å²) in [4.78, 5) is 4.26. The number of aryl methyl sites for hydroxylation is 1. The first-order chi connectivity index (χ1) is 10.1. The standard InChI is InChI=1S/C16H13FN2O2/c1-10-6-7-12(17)9-13(10)16-18-15(21-19-16)8-11-4-2-3-5-14(11)20/h2-7,9,20H,8H2,1H3. The maximum absolute atomic E-state index is 13.3. The lowest BCUT2D eigenvalue weighted by atomic mass is 10.1. The van der Waals surface area contributed by atoms with Gasteiger partial charge in [-0.15, -0.1) is 0 Å². The van der Waals surface area contributed by atoms with Crippen molar-refractivity contribution in [1.82, 2.24) is 10.1 Å². The summed E-state index contributed by atoms with van der Waals surface area (Å²) in [6, 6.07) is 11.4. The molecule has 0 radical (unpaired) electrons. The molecule has 4 nitrogen and oxygen atoms in total. The number of phenols is 1. The van der Waals surface area contributed by atoms with Crippen molar-refractivity contribution in [3.05, 3.63) is 65.3 Å². The van der Waals surface area contributed by atoms with Crippen LogP contribution in [0.15, 0.2) is 47.0 Å². The van der Waals surface area contributed by atoms with Gasteiger partial charge in [0, 0.05) is 11.1 Å². The monoisotopic (exact) mass is 284 g/mol. The summed E-state index contributed by atoms with van der Waals surface area (Å²) >= 11 is 0. The normalized spacial score (nSPS) is 10.8. The largest absolute Gasteiger partial charge is 0.508 e. The highest BCUT2D eigenvalue weighted by Gasteiger charge is 2.13. The van der Waals surface area contributed by atoms with Crippen LogP contribution in [-0.2, 0) is 6.42 Å². The Morgan fingerprint density at radius 3 is 2.81 bits per heavy atom. The number of hydrogen-bond acceptors (Lipinski definition) is 4. The molecule has 0 saturated heterocycles. The van der Waals surface area contributed by atoms with Crippen LogP contribution < -0.4 is 0 Å². The first kappa shape index (κ1) is 13.3. The third-order valence-corrected chi connectivity index (χ3v) is 3.24. The molecule has 0 unspecified atom stereocenters. The van der Waals surface area contributed by atoms with Gasteiger partial charge in [0.15, 0.2) is 0 Å². The lowest BCUT2D eigenvalue weighted by Crippen LogP contribution is -1.90. The van der Waals surface area contributed by atoms with Crippen LogP contribution in [0, 0.1) is 12.7 Å². The van der Waals surface area contributed by atoms with Crippen LogP contribution in [0.1, 0.15) is 17.0 Å². The van der Waals surface area contributed by atoms with E-state index in [9.17, 15) is 9.50 Å². The lowest BCUT2D eigenvalue weighted by Gasteiger charge is -2.00. The zero-order valence-corrected chi connectivity index (χ0v) is 11.4. The van der Waals surface area contributed by atoms with E-state index in [1.165, 1.54) is 12.1 Å². The highest BCUT2D eigenvalue weighted by Crippen LogP contribution is 2.23. The fraction of sp³-hybridized carbons (Fsp3) is 0.125. The third kappa shape index (κ3) is 2.76. The highest BCUT2D eigenvalue weighted by molar-refractivity contribution is 5.59. The van der Waals surface area contributed by atoms with Crippen LogP contribution in [0.5, 0.6) is 5.75 Å².